The maximum Gasteiger partial charge on any atom is 0.132 e. The molecule has 0 bridgehead atoms. The van der Waals surface area contributed by atoms with Gasteiger partial charge in [-0.3, -0.25) is 0 Å². The third-order valence-corrected chi connectivity index (χ3v) is 6.64. The molecule has 2 aliphatic rings. The first-order valence-corrected chi connectivity index (χ1v) is 10.0. The van der Waals surface area contributed by atoms with Gasteiger partial charge in [-0.05, 0) is 43.2 Å². The molecule has 1 unspecified atom stereocenters. The molecule has 27 heavy (non-hydrogen) atoms. The lowest BCUT2D eigenvalue weighted by atomic mass is 9.66. The van der Waals surface area contributed by atoms with E-state index in [9.17, 15) is 9.50 Å². The van der Waals surface area contributed by atoms with E-state index in [4.69, 9.17) is 4.74 Å². The molecule has 1 saturated carbocycles. The van der Waals surface area contributed by atoms with Crippen LogP contribution >= 0.6 is 0 Å². The highest BCUT2D eigenvalue weighted by Crippen LogP contribution is 2.44. The molecule has 3 nitrogen and oxygen atoms in total. The molecule has 2 aromatic carbocycles. The Bertz CT molecular complexity index is 778. The fourth-order valence-corrected chi connectivity index (χ4v) is 5.22. The van der Waals surface area contributed by atoms with Crippen molar-refractivity contribution < 1.29 is 19.1 Å². The van der Waals surface area contributed by atoms with Crippen molar-refractivity contribution in [1.82, 2.24) is 0 Å². The summed E-state index contributed by atoms with van der Waals surface area (Å²) in [4.78, 5) is 1.35. The number of fused-ring (bicyclic) bond motifs is 1. The summed E-state index contributed by atoms with van der Waals surface area (Å²) in [6.07, 6.45) is 4.98. The molecular weight excluding hydrogens is 341 g/mol. The van der Waals surface area contributed by atoms with Gasteiger partial charge >= 0.3 is 0 Å². The Morgan fingerprint density at radius 3 is 2.63 bits per heavy atom. The van der Waals surface area contributed by atoms with Crippen LogP contribution in [0.25, 0.3) is 0 Å². The number of piperidine rings is 1. The monoisotopic (exact) mass is 370 g/mol. The van der Waals surface area contributed by atoms with Crippen molar-refractivity contribution in [2.24, 2.45) is 5.92 Å². The van der Waals surface area contributed by atoms with E-state index >= 15 is 0 Å². The van der Waals surface area contributed by atoms with Gasteiger partial charge in [0, 0.05) is 23.5 Å². The summed E-state index contributed by atoms with van der Waals surface area (Å²) in [5.41, 5.74) is 1.39. The molecule has 4 rings (SSSR count). The first kappa shape index (κ1) is 18.5. The lowest BCUT2D eigenvalue weighted by Gasteiger charge is -2.50. The van der Waals surface area contributed by atoms with Crippen molar-refractivity contribution in [3.63, 3.8) is 0 Å². The number of nitrogens with one attached hydrogen (secondary N) is 1. The maximum absolute atomic E-state index is 14.3. The lowest BCUT2D eigenvalue weighted by molar-refractivity contribution is -0.958. The summed E-state index contributed by atoms with van der Waals surface area (Å²) in [6, 6.07) is 15.5. The Labute approximate surface area is 160 Å². The van der Waals surface area contributed by atoms with E-state index in [1.54, 1.807) is 13.2 Å². The van der Waals surface area contributed by atoms with Crippen LogP contribution in [0.4, 0.5) is 4.39 Å². The van der Waals surface area contributed by atoms with E-state index in [0.717, 1.165) is 50.0 Å². The SMILES string of the molecule is COc1ccc([C@@H]2[C@@H]3CCCC[C@]3(O)CC[NH+]2Cc2ccccc2F)cc1. The van der Waals surface area contributed by atoms with Gasteiger partial charge in [0.1, 0.15) is 24.2 Å². The number of benzene rings is 2. The molecule has 1 aliphatic carbocycles. The fraction of sp³-hybridized carbons (Fsp3) is 0.478. The second-order valence-electron chi connectivity index (χ2n) is 8.13. The van der Waals surface area contributed by atoms with Crippen LogP contribution in [0, 0.1) is 11.7 Å². The normalized spacial score (nSPS) is 30.6. The highest BCUT2D eigenvalue weighted by Gasteiger charge is 2.51. The molecule has 0 aromatic heterocycles. The third kappa shape index (κ3) is 3.61. The summed E-state index contributed by atoms with van der Waals surface area (Å²) in [6.45, 7) is 1.51. The standard InChI is InChI=1S/C23H28FNO2/c1-27-19-11-9-17(10-12-19)22-20-7-4-5-13-23(20,26)14-15-25(22)16-18-6-2-3-8-21(18)24/h2-3,6,8-12,20,22,26H,4-5,7,13-16H2,1H3/p+1/t20-,22+,23-/m0/s1. The highest BCUT2D eigenvalue weighted by atomic mass is 19.1. The van der Waals surface area contributed by atoms with Crippen LogP contribution in [0.15, 0.2) is 48.5 Å². The third-order valence-electron chi connectivity index (χ3n) is 6.64. The summed E-state index contributed by atoms with van der Waals surface area (Å²) < 4.78 is 19.6. The van der Waals surface area contributed by atoms with Crippen LogP contribution in [0.5, 0.6) is 5.75 Å². The molecule has 0 radical (unpaired) electrons. The van der Waals surface area contributed by atoms with E-state index < -0.39 is 5.60 Å². The fourth-order valence-electron chi connectivity index (χ4n) is 5.22. The number of aliphatic hydroxyl groups is 1. The predicted octanol–water partition coefficient (Wildman–Crippen LogP) is 3.29. The van der Waals surface area contributed by atoms with E-state index in [2.05, 4.69) is 12.1 Å². The summed E-state index contributed by atoms with van der Waals surface area (Å²) in [5, 5.41) is 11.3. The number of hydrogen-bond acceptors (Lipinski definition) is 2. The number of hydrogen-bond donors (Lipinski definition) is 2. The molecule has 2 fully saturated rings. The largest absolute Gasteiger partial charge is 0.497 e. The molecule has 2 aromatic rings. The molecule has 4 heteroatoms. The van der Waals surface area contributed by atoms with E-state index in [-0.39, 0.29) is 17.8 Å². The molecule has 0 spiro atoms. The minimum absolute atomic E-state index is 0.136. The van der Waals surface area contributed by atoms with E-state index in [1.807, 2.05) is 24.3 Å². The molecule has 2 N–H and O–H groups in total. The number of rotatable bonds is 4. The lowest BCUT2D eigenvalue weighted by Crippen LogP contribution is -3.13. The smallest absolute Gasteiger partial charge is 0.132 e. The van der Waals surface area contributed by atoms with Gasteiger partial charge in [0.05, 0.1) is 19.3 Å². The van der Waals surface area contributed by atoms with Crippen LogP contribution in [0.2, 0.25) is 0 Å². The molecular formula is C23H29FNO2+. The molecule has 1 aliphatic heterocycles. The van der Waals surface area contributed by atoms with Gasteiger partial charge in [-0.1, -0.05) is 31.0 Å². The number of likely N-dealkylation sites (tertiary alicyclic amines) is 1. The molecule has 4 atom stereocenters. The Hall–Kier alpha value is -1.91. The molecule has 1 heterocycles. The van der Waals surface area contributed by atoms with Crippen LogP contribution in [-0.4, -0.2) is 24.4 Å². The predicted molar refractivity (Wildman–Crippen MR) is 103 cm³/mol. The zero-order valence-corrected chi connectivity index (χ0v) is 16.0. The second kappa shape index (κ2) is 7.61. The summed E-state index contributed by atoms with van der Waals surface area (Å²) in [5.74, 6) is 0.919. The minimum Gasteiger partial charge on any atom is -0.497 e. The zero-order valence-electron chi connectivity index (χ0n) is 16.0. The van der Waals surface area contributed by atoms with Crippen molar-refractivity contribution in [1.29, 1.82) is 0 Å². The van der Waals surface area contributed by atoms with Gasteiger partial charge in [-0.25, -0.2) is 4.39 Å². The van der Waals surface area contributed by atoms with Crippen LogP contribution in [-0.2, 0) is 6.54 Å². The highest BCUT2D eigenvalue weighted by molar-refractivity contribution is 5.29. The second-order valence-corrected chi connectivity index (χ2v) is 8.13. The number of ether oxygens (including phenoxy) is 1. The Morgan fingerprint density at radius 2 is 1.89 bits per heavy atom. The molecule has 144 valence electrons. The Kier molecular flexibility index (Phi) is 5.20. The first-order valence-electron chi connectivity index (χ1n) is 10.0. The quantitative estimate of drug-likeness (QED) is 0.866. The topological polar surface area (TPSA) is 33.9 Å². The number of quaternary nitrogens is 1. The van der Waals surface area contributed by atoms with E-state index in [0.29, 0.717) is 6.54 Å². The van der Waals surface area contributed by atoms with Gasteiger partial charge in [0.25, 0.3) is 0 Å². The van der Waals surface area contributed by atoms with Gasteiger partial charge < -0.3 is 14.7 Å². The Morgan fingerprint density at radius 1 is 1.11 bits per heavy atom. The number of methoxy groups -OCH3 is 1. The average molecular weight is 370 g/mol. The van der Waals surface area contributed by atoms with Gasteiger partial charge in [0.15, 0.2) is 0 Å². The van der Waals surface area contributed by atoms with Gasteiger partial charge in [-0.2, -0.15) is 0 Å². The zero-order chi connectivity index (χ0) is 18.9. The van der Waals surface area contributed by atoms with Gasteiger partial charge in [-0.15, -0.1) is 0 Å². The van der Waals surface area contributed by atoms with Crippen molar-refractivity contribution in [2.75, 3.05) is 13.7 Å². The van der Waals surface area contributed by atoms with Crippen molar-refractivity contribution in [3.05, 3.63) is 65.5 Å². The van der Waals surface area contributed by atoms with Crippen LogP contribution in [0.3, 0.4) is 0 Å². The molecule has 0 amide bonds. The minimum atomic E-state index is -0.582. The van der Waals surface area contributed by atoms with Crippen molar-refractivity contribution in [3.8, 4) is 5.75 Å². The maximum atomic E-state index is 14.3. The molecule has 1 saturated heterocycles. The summed E-state index contributed by atoms with van der Waals surface area (Å²) >= 11 is 0. The average Bonchev–Trinajstić information content (AvgIpc) is 2.70. The van der Waals surface area contributed by atoms with Crippen molar-refractivity contribution in [2.45, 2.75) is 50.3 Å². The van der Waals surface area contributed by atoms with Crippen molar-refractivity contribution >= 4 is 0 Å². The first-order chi connectivity index (χ1) is 13.1. The summed E-state index contributed by atoms with van der Waals surface area (Å²) in [7, 11) is 1.67. The number of halogens is 1. The Balaban J connectivity index is 1.69. The van der Waals surface area contributed by atoms with Gasteiger partial charge in [0.2, 0.25) is 0 Å². The van der Waals surface area contributed by atoms with Crippen LogP contribution < -0.4 is 9.64 Å². The van der Waals surface area contributed by atoms with Crippen LogP contribution in [0.1, 0.15) is 49.3 Å². The van der Waals surface area contributed by atoms with E-state index in [1.165, 1.54) is 16.5 Å².